The molecule has 1 aromatic heterocycles. The van der Waals surface area contributed by atoms with Crippen LogP contribution in [-0.4, -0.2) is 22.8 Å². The van der Waals surface area contributed by atoms with Crippen LogP contribution in [0.5, 0.6) is 0 Å². The van der Waals surface area contributed by atoms with E-state index in [1.807, 2.05) is 13.8 Å². The van der Waals surface area contributed by atoms with E-state index in [4.69, 9.17) is 0 Å². The average molecular weight is 383 g/mol. The van der Waals surface area contributed by atoms with Crippen LogP contribution in [0.15, 0.2) is 36.7 Å². The summed E-state index contributed by atoms with van der Waals surface area (Å²) in [5, 5.41) is 5.88. The van der Waals surface area contributed by atoms with Crippen LogP contribution in [0.2, 0.25) is 0 Å². The molecule has 5 nitrogen and oxygen atoms in total. The molecule has 148 valence electrons. The summed E-state index contributed by atoms with van der Waals surface area (Å²) < 4.78 is 14.6. The standard InChI is InChI=1S/C22H26FN3O2/c1-13(2)9-20(26-21(27)15-5-4-8-24-12-15)18-10-16(11-19(23)14(18)3)22(28)25-17-6-7-17/h4-5,8,10-13,17,20H,6-7,9H2,1-3H3,(H,25,28)(H,26,27). The normalized spacial score (nSPS) is 14.6. The molecular weight excluding hydrogens is 357 g/mol. The number of rotatable bonds is 7. The van der Waals surface area contributed by atoms with Gasteiger partial charge in [-0.05, 0) is 67.5 Å². The monoisotopic (exact) mass is 383 g/mol. The molecule has 28 heavy (non-hydrogen) atoms. The van der Waals surface area contributed by atoms with E-state index in [1.165, 1.54) is 12.3 Å². The lowest BCUT2D eigenvalue weighted by molar-refractivity contribution is 0.0930. The Bertz CT molecular complexity index is 864. The highest BCUT2D eigenvalue weighted by atomic mass is 19.1. The maximum absolute atomic E-state index is 14.6. The van der Waals surface area contributed by atoms with Crippen molar-refractivity contribution in [3.05, 3.63) is 64.7 Å². The van der Waals surface area contributed by atoms with Gasteiger partial charge in [-0.3, -0.25) is 14.6 Å². The topological polar surface area (TPSA) is 71.1 Å². The van der Waals surface area contributed by atoms with Crippen molar-refractivity contribution in [1.82, 2.24) is 15.6 Å². The van der Waals surface area contributed by atoms with E-state index in [1.54, 1.807) is 31.3 Å². The molecule has 1 aromatic carbocycles. The Morgan fingerprint density at radius 2 is 1.96 bits per heavy atom. The quantitative estimate of drug-likeness (QED) is 0.761. The van der Waals surface area contributed by atoms with Crippen molar-refractivity contribution in [2.75, 3.05) is 0 Å². The van der Waals surface area contributed by atoms with Gasteiger partial charge in [0.25, 0.3) is 11.8 Å². The highest BCUT2D eigenvalue weighted by Crippen LogP contribution is 2.28. The smallest absolute Gasteiger partial charge is 0.253 e. The Balaban J connectivity index is 1.91. The summed E-state index contributed by atoms with van der Waals surface area (Å²) >= 11 is 0. The second kappa shape index (κ2) is 8.50. The van der Waals surface area contributed by atoms with Gasteiger partial charge >= 0.3 is 0 Å². The number of carbonyl (C=O) groups is 2. The van der Waals surface area contributed by atoms with E-state index < -0.39 is 11.9 Å². The molecule has 3 rings (SSSR count). The van der Waals surface area contributed by atoms with Crippen LogP contribution < -0.4 is 10.6 Å². The number of halogens is 1. The number of hydrogen-bond acceptors (Lipinski definition) is 3. The predicted molar refractivity (Wildman–Crippen MR) is 106 cm³/mol. The molecule has 1 heterocycles. The second-order valence-corrected chi connectivity index (χ2v) is 7.82. The molecule has 1 atom stereocenters. The van der Waals surface area contributed by atoms with Gasteiger partial charge in [0, 0.05) is 24.0 Å². The van der Waals surface area contributed by atoms with Crippen molar-refractivity contribution in [3.63, 3.8) is 0 Å². The third-order valence-electron chi connectivity index (χ3n) is 4.87. The molecule has 0 radical (unpaired) electrons. The fourth-order valence-electron chi connectivity index (χ4n) is 3.16. The van der Waals surface area contributed by atoms with Gasteiger partial charge in [-0.25, -0.2) is 4.39 Å². The fourth-order valence-corrected chi connectivity index (χ4v) is 3.16. The number of nitrogens with one attached hydrogen (secondary N) is 2. The zero-order valence-electron chi connectivity index (χ0n) is 16.5. The first-order valence-corrected chi connectivity index (χ1v) is 9.67. The van der Waals surface area contributed by atoms with Gasteiger partial charge in [0.05, 0.1) is 11.6 Å². The van der Waals surface area contributed by atoms with Crippen LogP contribution in [0.25, 0.3) is 0 Å². The Hall–Kier alpha value is -2.76. The van der Waals surface area contributed by atoms with Gasteiger partial charge in [-0.1, -0.05) is 13.8 Å². The molecule has 6 heteroatoms. The van der Waals surface area contributed by atoms with Crippen molar-refractivity contribution >= 4 is 11.8 Å². The number of hydrogen-bond donors (Lipinski definition) is 2. The average Bonchev–Trinajstić information content (AvgIpc) is 3.47. The summed E-state index contributed by atoms with van der Waals surface area (Å²) in [5.41, 5.74) is 1.80. The lowest BCUT2D eigenvalue weighted by Gasteiger charge is -2.24. The maximum Gasteiger partial charge on any atom is 0.253 e. The Labute approximate surface area is 164 Å². The molecule has 0 aliphatic heterocycles. The van der Waals surface area contributed by atoms with E-state index >= 15 is 0 Å². The summed E-state index contributed by atoms with van der Waals surface area (Å²) in [6, 6.07) is 6.13. The van der Waals surface area contributed by atoms with Crippen molar-refractivity contribution < 1.29 is 14.0 Å². The van der Waals surface area contributed by atoms with Gasteiger partial charge in [-0.15, -0.1) is 0 Å². The van der Waals surface area contributed by atoms with E-state index in [-0.39, 0.29) is 29.3 Å². The molecule has 1 fully saturated rings. The molecule has 0 spiro atoms. The van der Waals surface area contributed by atoms with Crippen LogP contribution >= 0.6 is 0 Å². The summed E-state index contributed by atoms with van der Waals surface area (Å²) in [7, 11) is 0. The van der Waals surface area contributed by atoms with Gasteiger partial charge < -0.3 is 10.6 Å². The van der Waals surface area contributed by atoms with Crippen molar-refractivity contribution in [3.8, 4) is 0 Å². The number of carbonyl (C=O) groups excluding carboxylic acids is 2. The van der Waals surface area contributed by atoms with Gasteiger partial charge in [0.15, 0.2) is 0 Å². The fraction of sp³-hybridized carbons (Fsp3) is 0.409. The van der Waals surface area contributed by atoms with Crippen LogP contribution in [0.4, 0.5) is 4.39 Å². The third-order valence-corrected chi connectivity index (χ3v) is 4.87. The molecule has 2 aromatic rings. The van der Waals surface area contributed by atoms with E-state index in [0.717, 1.165) is 12.8 Å². The number of amides is 2. The maximum atomic E-state index is 14.6. The predicted octanol–water partition coefficient (Wildman–Crippen LogP) is 3.94. The lowest BCUT2D eigenvalue weighted by atomic mass is 9.91. The largest absolute Gasteiger partial charge is 0.349 e. The molecule has 1 aliphatic carbocycles. The van der Waals surface area contributed by atoms with Crippen molar-refractivity contribution in [1.29, 1.82) is 0 Å². The number of aromatic nitrogens is 1. The number of pyridine rings is 1. The Morgan fingerprint density at radius 1 is 1.21 bits per heavy atom. The zero-order valence-corrected chi connectivity index (χ0v) is 16.5. The van der Waals surface area contributed by atoms with Crippen molar-refractivity contribution in [2.45, 2.75) is 52.1 Å². The molecule has 2 N–H and O–H groups in total. The van der Waals surface area contributed by atoms with Crippen LogP contribution in [0, 0.1) is 18.7 Å². The molecule has 1 unspecified atom stereocenters. The Kier molecular flexibility index (Phi) is 6.07. The van der Waals surface area contributed by atoms with Crippen LogP contribution in [0.3, 0.4) is 0 Å². The minimum absolute atomic E-state index is 0.192. The zero-order chi connectivity index (χ0) is 20.3. The highest BCUT2D eigenvalue weighted by Gasteiger charge is 2.26. The minimum Gasteiger partial charge on any atom is -0.349 e. The summed E-state index contributed by atoms with van der Waals surface area (Å²) in [5.74, 6) is -0.718. The Morgan fingerprint density at radius 3 is 2.57 bits per heavy atom. The summed E-state index contributed by atoms with van der Waals surface area (Å²) in [4.78, 5) is 29.1. The van der Waals surface area contributed by atoms with Gasteiger partial charge in [-0.2, -0.15) is 0 Å². The first-order valence-electron chi connectivity index (χ1n) is 9.67. The van der Waals surface area contributed by atoms with Crippen molar-refractivity contribution in [2.24, 2.45) is 5.92 Å². The molecule has 1 aliphatic rings. The molecule has 0 bridgehead atoms. The van der Waals surface area contributed by atoms with E-state index in [2.05, 4.69) is 15.6 Å². The van der Waals surface area contributed by atoms with Gasteiger partial charge in [0.1, 0.15) is 5.82 Å². The SMILES string of the molecule is Cc1c(F)cc(C(=O)NC2CC2)cc1C(CC(C)C)NC(=O)c1cccnc1. The lowest BCUT2D eigenvalue weighted by Crippen LogP contribution is -2.31. The second-order valence-electron chi connectivity index (χ2n) is 7.82. The molecule has 0 saturated heterocycles. The first-order chi connectivity index (χ1) is 13.3. The molecular formula is C22H26FN3O2. The van der Waals surface area contributed by atoms with E-state index in [9.17, 15) is 14.0 Å². The summed E-state index contributed by atoms with van der Waals surface area (Å²) in [6.45, 7) is 5.76. The van der Waals surface area contributed by atoms with Crippen LogP contribution in [0.1, 0.15) is 71.0 Å². The highest BCUT2D eigenvalue weighted by molar-refractivity contribution is 5.95. The number of nitrogens with zero attached hydrogens (tertiary/aromatic N) is 1. The molecule has 1 saturated carbocycles. The van der Waals surface area contributed by atoms with E-state index in [0.29, 0.717) is 23.1 Å². The minimum atomic E-state index is -0.442. The van der Waals surface area contributed by atoms with Gasteiger partial charge in [0.2, 0.25) is 0 Å². The first kappa shape index (κ1) is 20.0. The number of benzene rings is 1. The summed E-state index contributed by atoms with van der Waals surface area (Å²) in [6.07, 6.45) is 5.65. The third kappa shape index (κ3) is 4.94. The van der Waals surface area contributed by atoms with Crippen LogP contribution in [-0.2, 0) is 0 Å². The molecule has 2 amide bonds.